The monoisotopic (exact) mass is 310 g/mol. The van der Waals surface area contributed by atoms with Crippen molar-refractivity contribution in [1.29, 1.82) is 0 Å². The van der Waals surface area contributed by atoms with Crippen LogP contribution >= 0.6 is 11.6 Å². The van der Waals surface area contributed by atoms with Gasteiger partial charge < -0.3 is 10.4 Å². The molecule has 21 heavy (non-hydrogen) atoms. The lowest BCUT2D eigenvalue weighted by molar-refractivity contribution is -0.117. The number of aliphatic hydroxyl groups is 1. The van der Waals surface area contributed by atoms with E-state index in [1.807, 2.05) is 31.0 Å². The Hall–Kier alpha value is -1.10. The zero-order chi connectivity index (χ0) is 15.5. The van der Waals surface area contributed by atoms with E-state index < -0.39 is 5.60 Å². The Morgan fingerprint density at radius 3 is 2.71 bits per heavy atom. The molecular formula is C16H23ClN2O2. The van der Waals surface area contributed by atoms with Crippen LogP contribution in [0.15, 0.2) is 18.2 Å². The number of rotatable bonds is 5. The zero-order valence-electron chi connectivity index (χ0n) is 12.7. The highest BCUT2D eigenvalue weighted by atomic mass is 35.5. The maximum absolute atomic E-state index is 12.0. The van der Waals surface area contributed by atoms with Crippen LogP contribution in [0.5, 0.6) is 0 Å². The lowest BCUT2D eigenvalue weighted by atomic mass is 10.0. The zero-order valence-corrected chi connectivity index (χ0v) is 13.4. The number of nitrogens with one attached hydrogen (secondary N) is 1. The molecule has 1 aliphatic rings. The van der Waals surface area contributed by atoms with Gasteiger partial charge in [-0.1, -0.05) is 30.5 Å². The molecule has 1 aromatic carbocycles. The third-order valence-corrected chi connectivity index (χ3v) is 4.37. The molecule has 116 valence electrons. The molecule has 0 bridgehead atoms. The molecule has 0 aliphatic heterocycles. The number of anilines is 1. The predicted molar refractivity (Wildman–Crippen MR) is 85.7 cm³/mol. The van der Waals surface area contributed by atoms with Crippen LogP contribution in [-0.2, 0) is 4.79 Å². The number of halogens is 1. The van der Waals surface area contributed by atoms with Crippen molar-refractivity contribution in [3.05, 3.63) is 28.8 Å². The third-order valence-electron chi connectivity index (χ3n) is 3.97. The van der Waals surface area contributed by atoms with Crippen molar-refractivity contribution in [2.45, 2.75) is 38.2 Å². The summed E-state index contributed by atoms with van der Waals surface area (Å²) < 4.78 is 0. The highest BCUT2D eigenvalue weighted by Crippen LogP contribution is 2.29. The second-order valence-corrected chi connectivity index (χ2v) is 6.52. The summed E-state index contributed by atoms with van der Waals surface area (Å²) in [5.74, 6) is -0.0981. The number of benzene rings is 1. The first-order chi connectivity index (χ1) is 9.88. The first kappa shape index (κ1) is 16.3. The topological polar surface area (TPSA) is 52.6 Å². The molecular weight excluding hydrogens is 288 g/mol. The molecule has 0 radical (unpaired) electrons. The molecule has 2 rings (SSSR count). The van der Waals surface area contributed by atoms with Crippen LogP contribution < -0.4 is 5.32 Å². The van der Waals surface area contributed by atoms with Gasteiger partial charge in [0.2, 0.25) is 5.91 Å². The fraction of sp³-hybridized carbons (Fsp3) is 0.562. The molecule has 0 spiro atoms. The maximum Gasteiger partial charge on any atom is 0.238 e. The number of carbonyl (C=O) groups excluding carboxylic acids is 1. The Morgan fingerprint density at radius 2 is 2.10 bits per heavy atom. The summed E-state index contributed by atoms with van der Waals surface area (Å²) in [6, 6.07) is 5.46. The molecule has 0 saturated heterocycles. The fourth-order valence-electron chi connectivity index (χ4n) is 2.87. The Labute approximate surface area is 131 Å². The number of hydrogen-bond donors (Lipinski definition) is 2. The van der Waals surface area contributed by atoms with Crippen molar-refractivity contribution in [3.8, 4) is 0 Å². The summed E-state index contributed by atoms with van der Waals surface area (Å²) in [5, 5.41) is 13.8. The van der Waals surface area contributed by atoms with Crippen LogP contribution in [0.2, 0.25) is 5.02 Å². The van der Waals surface area contributed by atoms with Gasteiger partial charge in [-0.25, -0.2) is 0 Å². The number of nitrogens with zero attached hydrogens (tertiary/aromatic N) is 1. The molecule has 1 aromatic rings. The van der Waals surface area contributed by atoms with Crippen LogP contribution in [0.4, 0.5) is 5.69 Å². The highest BCUT2D eigenvalue weighted by molar-refractivity contribution is 6.31. The molecule has 5 heteroatoms. The number of carbonyl (C=O) groups is 1. The molecule has 1 aliphatic carbocycles. The quantitative estimate of drug-likeness (QED) is 0.879. The summed E-state index contributed by atoms with van der Waals surface area (Å²) in [5.41, 5.74) is 1.06. The molecule has 4 nitrogen and oxygen atoms in total. The van der Waals surface area contributed by atoms with Gasteiger partial charge >= 0.3 is 0 Å². The van der Waals surface area contributed by atoms with E-state index in [-0.39, 0.29) is 12.5 Å². The molecule has 1 amide bonds. The van der Waals surface area contributed by atoms with Crippen LogP contribution in [-0.4, -0.2) is 41.7 Å². The smallest absolute Gasteiger partial charge is 0.238 e. The van der Waals surface area contributed by atoms with Gasteiger partial charge in [0.1, 0.15) is 0 Å². The van der Waals surface area contributed by atoms with Gasteiger partial charge in [-0.3, -0.25) is 9.69 Å². The average Bonchev–Trinajstić information content (AvgIpc) is 2.79. The first-order valence-corrected chi connectivity index (χ1v) is 7.73. The molecule has 0 atom stereocenters. The van der Waals surface area contributed by atoms with Crippen LogP contribution in [0.3, 0.4) is 0 Å². The number of aryl methyl sites for hydroxylation is 1. The average molecular weight is 311 g/mol. The third kappa shape index (κ3) is 4.70. The van der Waals surface area contributed by atoms with E-state index in [4.69, 9.17) is 11.6 Å². The predicted octanol–water partition coefficient (Wildman–Crippen LogP) is 2.82. The standard InChI is InChI=1S/C16H23ClN2O2/c1-12-5-6-13(9-14(12)17)18-15(20)10-19(2)11-16(21)7-3-4-8-16/h5-6,9,21H,3-4,7-8,10-11H2,1-2H3,(H,18,20). The molecule has 0 heterocycles. The van der Waals surface area contributed by atoms with E-state index in [1.165, 1.54) is 0 Å². The largest absolute Gasteiger partial charge is 0.389 e. The minimum Gasteiger partial charge on any atom is -0.389 e. The summed E-state index contributed by atoms with van der Waals surface area (Å²) >= 11 is 6.04. The van der Waals surface area contributed by atoms with E-state index in [0.717, 1.165) is 31.2 Å². The lowest BCUT2D eigenvalue weighted by Gasteiger charge is -2.28. The van der Waals surface area contributed by atoms with Crippen molar-refractivity contribution in [2.75, 3.05) is 25.5 Å². The van der Waals surface area contributed by atoms with Crippen molar-refractivity contribution >= 4 is 23.2 Å². The molecule has 1 fully saturated rings. The van der Waals surface area contributed by atoms with E-state index >= 15 is 0 Å². The Bertz CT molecular complexity index is 513. The fourth-order valence-corrected chi connectivity index (χ4v) is 3.05. The van der Waals surface area contributed by atoms with E-state index in [2.05, 4.69) is 5.32 Å². The van der Waals surface area contributed by atoms with Crippen molar-refractivity contribution < 1.29 is 9.90 Å². The molecule has 2 N–H and O–H groups in total. The van der Waals surface area contributed by atoms with E-state index in [9.17, 15) is 9.90 Å². The summed E-state index contributed by atoms with van der Waals surface area (Å²) in [7, 11) is 1.86. The normalized spacial score (nSPS) is 17.2. The van der Waals surface area contributed by atoms with Gasteiger partial charge in [0, 0.05) is 17.3 Å². The lowest BCUT2D eigenvalue weighted by Crippen LogP contribution is -2.42. The van der Waals surface area contributed by atoms with Crippen molar-refractivity contribution in [1.82, 2.24) is 4.90 Å². The van der Waals surface area contributed by atoms with Gasteiger partial charge in [-0.15, -0.1) is 0 Å². The SMILES string of the molecule is Cc1ccc(NC(=O)CN(C)CC2(O)CCCC2)cc1Cl. The van der Waals surface area contributed by atoms with Crippen LogP contribution in [0.1, 0.15) is 31.2 Å². The van der Waals surface area contributed by atoms with E-state index in [0.29, 0.717) is 17.3 Å². The van der Waals surface area contributed by atoms with Crippen LogP contribution in [0.25, 0.3) is 0 Å². The number of amides is 1. The Kier molecular flexibility index (Phi) is 5.25. The second kappa shape index (κ2) is 6.77. The van der Waals surface area contributed by atoms with Gasteiger partial charge in [-0.2, -0.15) is 0 Å². The highest BCUT2D eigenvalue weighted by Gasteiger charge is 2.32. The summed E-state index contributed by atoms with van der Waals surface area (Å²) in [6.07, 6.45) is 3.79. The van der Waals surface area contributed by atoms with Crippen molar-refractivity contribution in [3.63, 3.8) is 0 Å². The first-order valence-electron chi connectivity index (χ1n) is 7.35. The minimum atomic E-state index is -0.623. The van der Waals surface area contributed by atoms with Gasteiger partial charge in [0.15, 0.2) is 0 Å². The maximum atomic E-state index is 12.0. The van der Waals surface area contributed by atoms with E-state index in [1.54, 1.807) is 6.07 Å². The summed E-state index contributed by atoms with van der Waals surface area (Å²) in [4.78, 5) is 13.9. The van der Waals surface area contributed by atoms with Gasteiger partial charge in [0.25, 0.3) is 0 Å². The molecule has 0 unspecified atom stereocenters. The molecule has 1 saturated carbocycles. The van der Waals surface area contributed by atoms with Crippen molar-refractivity contribution in [2.24, 2.45) is 0 Å². The van der Waals surface area contributed by atoms with Gasteiger partial charge in [-0.05, 0) is 44.5 Å². The summed E-state index contributed by atoms with van der Waals surface area (Å²) in [6.45, 7) is 2.72. The second-order valence-electron chi connectivity index (χ2n) is 6.12. The number of likely N-dealkylation sites (N-methyl/N-ethyl adjacent to an activating group) is 1. The Balaban J connectivity index is 1.84. The number of hydrogen-bond acceptors (Lipinski definition) is 3. The minimum absolute atomic E-state index is 0.0981. The van der Waals surface area contributed by atoms with Crippen LogP contribution in [0, 0.1) is 6.92 Å². The Morgan fingerprint density at radius 1 is 1.43 bits per heavy atom. The van der Waals surface area contributed by atoms with Gasteiger partial charge in [0.05, 0.1) is 12.1 Å². The molecule has 0 aromatic heterocycles.